The first-order chi connectivity index (χ1) is 12.2. The second kappa shape index (κ2) is 14.0. The number of likely N-dealkylation sites (tertiary alicyclic amines) is 1. The third-order valence-corrected chi connectivity index (χ3v) is 4.96. The van der Waals surface area contributed by atoms with Crippen LogP contribution in [0.5, 0.6) is 0 Å². The number of rotatable bonds is 9. The fraction of sp³-hybridized carbons (Fsp3) is 0.947. The lowest BCUT2D eigenvalue weighted by Crippen LogP contribution is -2.50. The summed E-state index contributed by atoms with van der Waals surface area (Å²) >= 11 is 0. The molecule has 2 rings (SSSR count). The van der Waals surface area contributed by atoms with E-state index in [9.17, 15) is 0 Å². The lowest BCUT2D eigenvalue weighted by molar-refractivity contribution is -0.0284. The lowest BCUT2D eigenvalue weighted by Gasteiger charge is -2.34. The highest BCUT2D eigenvalue weighted by Gasteiger charge is 2.21. The highest BCUT2D eigenvalue weighted by atomic mass is 127. The molecule has 2 aliphatic heterocycles. The summed E-state index contributed by atoms with van der Waals surface area (Å²) in [4.78, 5) is 9.42. The standard InChI is InChI=1S/C19H39N5O.HI/c1-17(2)15-24-12-13-25-18(16-24)14-22-19(20-3)21-8-4-5-9-23-10-6-7-11-23;/h17-18H,4-16H2,1-3H3,(H2,20,21,22);1H. The average molecular weight is 481 g/mol. The molecule has 26 heavy (non-hydrogen) atoms. The van der Waals surface area contributed by atoms with Crippen LogP contribution in [-0.2, 0) is 4.74 Å². The van der Waals surface area contributed by atoms with Gasteiger partial charge in [0.15, 0.2) is 5.96 Å². The molecular weight excluding hydrogens is 441 g/mol. The van der Waals surface area contributed by atoms with Crippen LogP contribution in [0.25, 0.3) is 0 Å². The van der Waals surface area contributed by atoms with Gasteiger partial charge >= 0.3 is 0 Å². The van der Waals surface area contributed by atoms with Gasteiger partial charge in [-0.1, -0.05) is 13.8 Å². The normalized spacial score (nSPS) is 22.5. The van der Waals surface area contributed by atoms with Gasteiger partial charge in [0.1, 0.15) is 0 Å². The zero-order valence-corrected chi connectivity index (χ0v) is 19.3. The molecule has 6 nitrogen and oxygen atoms in total. The summed E-state index contributed by atoms with van der Waals surface area (Å²) < 4.78 is 5.89. The molecule has 0 aromatic rings. The largest absolute Gasteiger partial charge is 0.374 e. The molecule has 2 aliphatic rings. The quantitative estimate of drug-likeness (QED) is 0.229. The summed E-state index contributed by atoms with van der Waals surface area (Å²) in [5.41, 5.74) is 0. The topological polar surface area (TPSA) is 52.1 Å². The van der Waals surface area contributed by atoms with E-state index in [0.717, 1.165) is 45.3 Å². The fourth-order valence-corrected chi connectivity index (χ4v) is 3.69. The summed E-state index contributed by atoms with van der Waals surface area (Å²) in [6, 6.07) is 0. The number of halogens is 1. The summed E-state index contributed by atoms with van der Waals surface area (Å²) in [5.74, 6) is 1.60. The Bertz CT molecular complexity index is 388. The molecule has 0 saturated carbocycles. The molecule has 0 bridgehead atoms. The number of morpholine rings is 1. The van der Waals surface area contributed by atoms with Gasteiger partial charge in [0.25, 0.3) is 0 Å². The number of ether oxygens (including phenoxy) is 1. The summed E-state index contributed by atoms with van der Waals surface area (Å²) in [5, 5.41) is 6.85. The molecule has 0 amide bonds. The molecular formula is C19H40IN5O. The minimum absolute atomic E-state index is 0. The first-order valence-electron chi connectivity index (χ1n) is 10.2. The van der Waals surface area contributed by atoms with Crippen molar-refractivity contribution in [1.82, 2.24) is 20.4 Å². The second-order valence-corrected chi connectivity index (χ2v) is 7.78. The van der Waals surface area contributed by atoms with E-state index >= 15 is 0 Å². The Labute approximate surface area is 177 Å². The SMILES string of the molecule is CN=C(NCCCCN1CCCC1)NCC1CN(CC(C)C)CCO1.I. The highest BCUT2D eigenvalue weighted by molar-refractivity contribution is 14.0. The zero-order valence-electron chi connectivity index (χ0n) is 17.0. The van der Waals surface area contributed by atoms with Gasteiger partial charge in [-0.3, -0.25) is 9.89 Å². The molecule has 1 unspecified atom stereocenters. The third-order valence-electron chi connectivity index (χ3n) is 4.96. The van der Waals surface area contributed by atoms with E-state index in [4.69, 9.17) is 4.74 Å². The Balaban J connectivity index is 0.00000338. The highest BCUT2D eigenvalue weighted by Crippen LogP contribution is 2.08. The van der Waals surface area contributed by atoms with E-state index in [0.29, 0.717) is 5.92 Å². The molecule has 0 aromatic carbocycles. The van der Waals surface area contributed by atoms with Crippen LogP contribution in [0, 0.1) is 5.92 Å². The van der Waals surface area contributed by atoms with Crippen molar-refractivity contribution in [2.24, 2.45) is 10.9 Å². The summed E-state index contributed by atoms with van der Waals surface area (Å²) in [6.07, 6.45) is 5.47. The van der Waals surface area contributed by atoms with Gasteiger partial charge in [-0.25, -0.2) is 0 Å². The molecule has 0 spiro atoms. The predicted octanol–water partition coefficient (Wildman–Crippen LogP) is 2.00. The molecule has 0 aliphatic carbocycles. The molecule has 0 aromatic heterocycles. The van der Waals surface area contributed by atoms with Gasteiger partial charge in [-0.05, 0) is 51.2 Å². The van der Waals surface area contributed by atoms with Crippen LogP contribution in [0.3, 0.4) is 0 Å². The van der Waals surface area contributed by atoms with Crippen molar-refractivity contribution >= 4 is 29.9 Å². The van der Waals surface area contributed by atoms with Crippen molar-refractivity contribution in [3.05, 3.63) is 0 Å². The Morgan fingerprint density at radius 2 is 1.88 bits per heavy atom. The molecule has 7 heteroatoms. The van der Waals surface area contributed by atoms with Crippen molar-refractivity contribution in [3.8, 4) is 0 Å². The van der Waals surface area contributed by atoms with E-state index in [1.165, 1.54) is 45.3 Å². The summed E-state index contributed by atoms with van der Waals surface area (Å²) in [7, 11) is 1.84. The van der Waals surface area contributed by atoms with Crippen LogP contribution in [0.4, 0.5) is 0 Å². The van der Waals surface area contributed by atoms with Gasteiger partial charge < -0.3 is 20.3 Å². The Morgan fingerprint density at radius 3 is 2.58 bits per heavy atom. The molecule has 2 fully saturated rings. The number of hydrogen-bond donors (Lipinski definition) is 2. The van der Waals surface area contributed by atoms with Gasteiger partial charge in [-0.15, -0.1) is 24.0 Å². The van der Waals surface area contributed by atoms with Gasteiger partial charge in [0, 0.05) is 39.8 Å². The van der Waals surface area contributed by atoms with E-state index in [2.05, 4.69) is 39.3 Å². The maximum absolute atomic E-state index is 5.89. The molecule has 0 radical (unpaired) electrons. The molecule has 1 atom stereocenters. The molecule has 2 N–H and O–H groups in total. The molecule has 2 saturated heterocycles. The van der Waals surface area contributed by atoms with Crippen molar-refractivity contribution in [3.63, 3.8) is 0 Å². The Morgan fingerprint density at radius 1 is 1.12 bits per heavy atom. The van der Waals surface area contributed by atoms with Crippen molar-refractivity contribution in [2.45, 2.75) is 45.6 Å². The predicted molar refractivity (Wildman–Crippen MR) is 121 cm³/mol. The van der Waals surface area contributed by atoms with Gasteiger partial charge in [0.05, 0.1) is 12.7 Å². The van der Waals surface area contributed by atoms with E-state index < -0.39 is 0 Å². The summed E-state index contributed by atoms with van der Waals surface area (Å²) in [6.45, 7) is 14.3. The van der Waals surface area contributed by atoms with Gasteiger partial charge in [-0.2, -0.15) is 0 Å². The second-order valence-electron chi connectivity index (χ2n) is 7.78. The molecule has 2 heterocycles. The van der Waals surface area contributed by atoms with Crippen LogP contribution in [0.15, 0.2) is 4.99 Å². The van der Waals surface area contributed by atoms with E-state index in [1.54, 1.807) is 0 Å². The Hall–Kier alpha value is -0.120. The van der Waals surface area contributed by atoms with Gasteiger partial charge in [0.2, 0.25) is 0 Å². The van der Waals surface area contributed by atoms with Crippen molar-refractivity contribution in [2.75, 3.05) is 66.0 Å². The van der Waals surface area contributed by atoms with E-state index in [1.807, 2.05) is 7.05 Å². The van der Waals surface area contributed by atoms with E-state index in [-0.39, 0.29) is 30.1 Å². The van der Waals surface area contributed by atoms with Crippen molar-refractivity contribution in [1.29, 1.82) is 0 Å². The van der Waals surface area contributed by atoms with Crippen LogP contribution >= 0.6 is 24.0 Å². The minimum Gasteiger partial charge on any atom is -0.374 e. The van der Waals surface area contributed by atoms with Crippen LogP contribution in [-0.4, -0.2) is 87.9 Å². The fourth-order valence-electron chi connectivity index (χ4n) is 3.69. The van der Waals surface area contributed by atoms with Crippen LogP contribution in [0.2, 0.25) is 0 Å². The number of nitrogens with zero attached hydrogens (tertiary/aromatic N) is 3. The first kappa shape index (κ1) is 23.9. The molecule has 154 valence electrons. The zero-order chi connectivity index (χ0) is 17.9. The lowest BCUT2D eigenvalue weighted by atomic mass is 10.2. The number of hydrogen-bond acceptors (Lipinski definition) is 4. The third kappa shape index (κ3) is 9.71. The number of nitrogens with one attached hydrogen (secondary N) is 2. The average Bonchev–Trinajstić information content (AvgIpc) is 3.10. The first-order valence-corrected chi connectivity index (χ1v) is 10.2. The van der Waals surface area contributed by atoms with Crippen LogP contribution in [0.1, 0.15) is 39.5 Å². The van der Waals surface area contributed by atoms with Crippen molar-refractivity contribution < 1.29 is 4.74 Å². The maximum Gasteiger partial charge on any atom is 0.191 e. The minimum atomic E-state index is 0. The number of aliphatic imine (C=N–C) groups is 1. The van der Waals surface area contributed by atoms with Crippen LogP contribution < -0.4 is 10.6 Å². The number of unbranched alkanes of at least 4 members (excludes halogenated alkanes) is 1. The smallest absolute Gasteiger partial charge is 0.191 e. The Kier molecular flexibility index (Phi) is 12.8. The number of guanidine groups is 1. The maximum atomic E-state index is 5.89. The monoisotopic (exact) mass is 481 g/mol.